The third kappa shape index (κ3) is 5.51. The maximum Gasteiger partial charge on any atom is 0.330 e. The van der Waals surface area contributed by atoms with E-state index in [1.165, 1.54) is 42.5 Å². The Morgan fingerprint density at radius 3 is 2.54 bits per heavy atom. The highest BCUT2D eigenvalue weighted by Crippen LogP contribution is 2.30. The Hall–Kier alpha value is -1.48. The van der Waals surface area contributed by atoms with E-state index in [2.05, 4.69) is 11.9 Å². The summed E-state index contributed by atoms with van der Waals surface area (Å²) >= 11 is 0. The first-order chi connectivity index (χ1) is 12.6. The van der Waals surface area contributed by atoms with Gasteiger partial charge in [-0.15, -0.1) is 0 Å². The Balaban J connectivity index is 1.90. The zero-order valence-corrected chi connectivity index (χ0v) is 15.3. The van der Waals surface area contributed by atoms with Crippen LogP contribution in [0, 0.1) is 0 Å². The Bertz CT molecular complexity index is 643. The average molecular weight is 370 g/mol. The summed E-state index contributed by atoms with van der Waals surface area (Å²) in [6.07, 6.45) is 5.75. The highest BCUT2D eigenvalue weighted by Gasteiger charge is 2.45. The first-order valence-corrected chi connectivity index (χ1v) is 9.46. The topological polar surface area (TPSA) is 114 Å². The van der Waals surface area contributed by atoms with Crippen molar-refractivity contribution in [3.05, 3.63) is 33.1 Å². The molecule has 0 aliphatic carbocycles. The number of aromatic nitrogens is 2. The molecule has 4 atom stereocenters. The molecule has 0 amide bonds. The van der Waals surface area contributed by atoms with Crippen molar-refractivity contribution >= 4 is 0 Å². The molecule has 148 valence electrons. The fraction of sp³-hybridized carbons (Fsp3) is 0.778. The molecule has 1 aromatic rings. The number of nitrogens with one attached hydrogen (secondary N) is 1. The van der Waals surface area contributed by atoms with Crippen LogP contribution in [0.15, 0.2) is 21.9 Å². The number of H-pyrrole nitrogens is 1. The first-order valence-electron chi connectivity index (χ1n) is 9.46. The molecule has 0 unspecified atom stereocenters. The number of nitrogens with zero attached hydrogens (tertiary/aromatic N) is 1. The van der Waals surface area contributed by atoms with Gasteiger partial charge < -0.3 is 19.7 Å². The molecule has 26 heavy (non-hydrogen) atoms. The van der Waals surface area contributed by atoms with E-state index < -0.39 is 35.8 Å². The van der Waals surface area contributed by atoms with Crippen LogP contribution in [0.5, 0.6) is 0 Å². The molecule has 1 saturated heterocycles. The lowest BCUT2D eigenvalue weighted by atomic mass is 10.1. The number of aliphatic hydroxyl groups is 2. The van der Waals surface area contributed by atoms with Crippen molar-refractivity contribution in [3.8, 4) is 0 Å². The lowest BCUT2D eigenvalue weighted by molar-refractivity contribution is -0.0749. The minimum atomic E-state index is -1.05. The fourth-order valence-corrected chi connectivity index (χ4v) is 3.18. The van der Waals surface area contributed by atoms with Crippen molar-refractivity contribution in [1.29, 1.82) is 0 Å². The van der Waals surface area contributed by atoms with Crippen molar-refractivity contribution < 1.29 is 19.7 Å². The molecule has 1 aliphatic rings. The average Bonchev–Trinajstić information content (AvgIpc) is 2.93. The molecule has 0 saturated carbocycles. The molecule has 1 fully saturated rings. The first kappa shape index (κ1) is 20.8. The zero-order valence-electron chi connectivity index (χ0n) is 15.3. The molecule has 0 radical (unpaired) electrons. The van der Waals surface area contributed by atoms with Gasteiger partial charge in [0.2, 0.25) is 0 Å². The lowest BCUT2D eigenvalue weighted by Gasteiger charge is -2.22. The van der Waals surface area contributed by atoms with Gasteiger partial charge in [-0.2, -0.15) is 0 Å². The van der Waals surface area contributed by atoms with Gasteiger partial charge in [-0.05, 0) is 6.42 Å². The van der Waals surface area contributed by atoms with Crippen LogP contribution in [0.2, 0.25) is 0 Å². The van der Waals surface area contributed by atoms with Crippen LogP contribution in [0.3, 0.4) is 0 Å². The normalized spacial score (nSPS) is 25.7. The van der Waals surface area contributed by atoms with Crippen LogP contribution in [0.1, 0.15) is 58.1 Å². The van der Waals surface area contributed by atoms with E-state index >= 15 is 0 Å². The van der Waals surface area contributed by atoms with Gasteiger partial charge >= 0.3 is 5.69 Å². The van der Waals surface area contributed by atoms with Crippen LogP contribution in [0.4, 0.5) is 0 Å². The molecular formula is C18H30N2O6. The smallest absolute Gasteiger partial charge is 0.330 e. The van der Waals surface area contributed by atoms with Gasteiger partial charge in [-0.25, -0.2) is 4.79 Å². The zero-order chi connectivity index (χ0) is 18.9. The number of hydrogen-bond donors (Lipinski definition) is 3. The van der Waals surface area contributed by atoms with Gasteiger partial charge in [0.05, 0.1) is 6.61 Å². The summed E-state index contributed by atoms with van der Waals surface area (Å²) in [5.74, 6) is 0. The minimum Gasteiger partial charge on any atom is -0.394 e. The number of aliphatic hydroxyl groups excluding tert-OH is 2. The molecule has 3 N–H and O–H groups in total. The molecule has 1 aromatic heterocycles. The van der Waals surface area contributed by atoms with Crippen LogP contribution in [0.25, 0.3) is 0 Å². The maximum absolute atomic E-state index is 12.0. The van der Waals surface area contributed by atoms with E-state index in [0.29, 0.717) is 6.61 Å². The van der Waals surface area contributed by atoms with Gasteiger partial charge in [0, 0.05) is 18.9 Å². The third-order valence-electron chi connectivity index (χ3n) is 4.68. The van der Waals surface area contributed by atoms with Crippen LogP contribution < -0.4 is 11.2 Å². The van der Waals surface area contributed by atoms with E-state index in [1.807, 2.05) is 0 Å². The molecule has 8 heteroatoms. The molecule has 2 rings (SSSR count). The predicted molar refractivity (Wildman–Crippen MR) is 96.1 cm³/mol. The summed E-state index contributed by atoms with van der Waals surface area (Å²) in [4.78, 5) is 25.4. The third-order valence-corrected chi connectivity index (χ3v) is 4.68. The molecule has 0 bridgehead atoms. The van der Waals surface area contributed by atoms with Crippen LogP contribution >= 0.6 is 0 Å². The van der Waals surface area contributed by atoms with Crippen molar-refractivity contribution in [2.75, 3.05) is 13.2 Å². The maximum atomic E-state index is 12.0. The molecule has 0 spiro atoms. The summed E-state index contributed by atoms with van der Waals surface area (Å²) in [5, 5.41) is 19.7. The molecule has 8 nitrogen and oxygen atoms in total. The Morgan fingerprint density at radius 1 is 1.19 bits per heavy atom. The minimum absolute atomic E-state index is 0.382. The van der Waals surface area contributed by atoms with Crippen LogP contribution in [-0.4, -0.2) is 51.3 Å². The van der Waals surface area contributed by atoms with Gasteiger partial charge in [0.25, 0.3) is 5.56 Å². The largest absolute Gasteiger partial charge is 0.394 e. The number of ether oxygens (including phenoxy) is 2. The SMILES string of the molecule is CCCCCCCCCO[C@@H]1[C@H](O)[C@@H](CO)O[C@H]1n1ccc(=O)[nH]c1=O. The summed E-state index contributed by atoms with van der Waals surface area (Å²) in [6.45, 7) is 2.24. The van der Waals surface area contributed by atoms with Gasteiger partial charge in [0.1, 0.15) is 18.3 Å². The number of aromatic amines is 1. The van der Waals surface area contributed by atoms with Crippen molar-refractivity contribution in [1.82, 2.24) is 9.55 Å². The number of unbranched alkanes of at least 4 members (excludes halogenated alkanes) is 6. The monoisotopic (exact) mass is 370 g/mol. The molecule has 1 aliphatic heterocycles. The summed E-state index contributed by atoms with van der Waals surface area (Å²) in [5.41, 5.74) is -1.15. The van der Waals surface area contributed by atoms with E-state index in [0.717, 1.165) is 19.3 Å². The number of rotatable bonds is 11. The Kier molecular flexibility index (Phi) is 8.50. The van der Waals surface area contributed by atoms with Crippen LogP contribution in [-0.2, 0) is 9.47 Å². The summed E-state index contributed by atoms with van der Waals surface area (Å²) in [7, 11) is 0. The second-order valence-electron chi connectivity index (χ2n) is 6.71. The molecular weight excluding hydrogens is 340 g/mol. The fourth-order valence-electron chi connectivity index (χ4n) is 3.18. The Morgan fingerprint density at radius 2 is 1.88 bits per heavy atom. The van der Waals surface area contributed by atoms with E-state index in [1.54, 1.807) is 0 Å². The van der Waals surface area contributed by atoms with Gasteiger partial charge in [-0.1, -0.05) is 45.4 Å². The quantitative estimate of drug-likeness (QED) is 0.499. The van der Waals surface area contributed by atoms with Crippen molar-refractivity contribution in [2.45, 2.75) is 76.4 Å². The van der Waals surface area contributed by atoms with Crippen molar-refractivity contribution in [2.24, 2.45) is 0 Å². The summed E-state index contributed by atoms with van der Waals surface area (Å²) < 4.78 is 12.5. The molecule has 0 aromatic carbocycles. The number of hydrogen-bond acceptors (Lipinski definition) is 6. The highest BCUT2D eigenvalue weighted by molar-refractivity contribution is 4.93. The van der Waals surface area contributed by atoms with Gasteiger partial charge in [-0.3, -0.25) is 14.3 Å². The second-order valence-corrected chi connectivity index (χ2v) is 6.71. The van der Waals surface area contributed by atoms with E-state index in [4.69, 9.17) is 9.47 Å². The van der Waals surface area contributed by atoms with Gasteiger partial charge in [0.15, 0.2) is 6.23 Å². The standard InChI is InChI=1S/C18H30N2O6/c1-2-3-4-5-6-7-8-11-25-16-15(23)13(12-21)26-17(16)20-10-9-14(22)19-18(20)24/h9-10,13,15-17,21,23H,2-8,11-12H2,1H3,(H,19,22,24)/t13-,15-,16-,17-/m1/s1. The molecule has 2 heterocycles. The van der Waals surface area contributed by atoms with E-state index in [9.17, 15) is 19.8 Å². The highest BCUT2D eigenvalue weighted by atomic mass is 16.6. The van der Waals surface area contributed by atoms with E-state index in [-0.39, 0.29) is 6.61 Å². The van der Waals surface area contributed by atoms with Crippen molar-refractivity contribution in [3.63, 3.8) is 0 Å². The Labute approximate surface area is 152 Å². The summed E-state index contributed by atoms with van der Waals surface area (Å²) in [6, 6.07) is 1.21. The predicted octanol–water partition coefficient (Wildman–Crippen LogP) is 0.923. The lowest BCUT2D eigenvalue weighted by Crippen LogP contribution is -2.39. The second kappa shape index (κ2) is 10.6.